The maximum Gasteiger partial charge on any atom is 0.257 e. The monoisotopic (exact) mass is 266 g/mol. The van der Waals surface area contributed by atoms with Gasteiger partial charge in [-0.05, 0) is 25.5 Å². The van der Waals surface area contributed by atoms with Crippen LogP contribution in [0.4, 0.5) is 0 Å². The van der Waals surface area contributed by atoms with E-state index in [0.29, 0.717) is 5.82 Å². The van der Waals surface area contributed by atoms with Gasteiger partial charge in [0.15, 0.2) is 5.03 Å². The van der Waals surface area contributed by atoms with Gasteiger partial charge in [-0.1, -0.05) is 6.07 Å². The van der Waals surface area contributed by atoms with Crippen LogP contribution in [0.3, 0.4) is 0 Å². The fourth-order valence-corrected chi connectivity index (χ4v) is 2.38. The Kier molecular flexibility index (Phi) is 3.44. The van der Waals surface area contributed by atoms with Crippen molar-refractivity contribution in [3.05, 3.63) is 41.6 Å². The highest BCUT2D eigenvalue weighted by atomic mass is 32.2. The van der Waals surface area contributed by atoms with E-state index in [-0.39, 0.29) is 11.6 Å². The number of hydrogen-bond acceptors (Lipinski definition) is 4. The number of sulfonamides is 1. The SMILES string of the molecule is Cc1ccc(CNS(=O)(=O)c2cnc(C)[nH]2)cn1. The number of hydrogen-bond donors (Lipinski definition) is 2. The topological polar surface area (TPSA) is 87.7 Å². The lowest BCUT2D eigenvalue weighted by molar-refractivity contribution is 0.578. The highest BCUT2D eigenvalue weighted by Gasteiger charge is 2.15. The third-order valence-electron chi connectivity index (χ3n) is 2.41. The molecular formula is C11H14N4O2S. The molecule has 0 amide bonds. The molecule has 2 heterocycles. The molecule has 0 aliphatic heterocycles. The van der Waals surface area contributed by atoms with Gasteiger partial charge in [-0.2, -0.15) is 0 Å². The Balaban J connectivity index is 2.08. The summed E-state index contributed by atoms with van der Waals surface area (Å²) in [4.78, 5) is 10.6. The molecule has 0 aromatic carbocycles. The van der Waals surface area contributed by atoms with Crippen molar-refractivity contribution in [3.8, 4) is 0 Å². The van der Waals surface area contributed by atoms with Gasteiger partial charge < -0.3 is 4.98 Å². The smallest absolute Gasteiger partial charge is 0.257 e. The molecule has 18 heavy (non-hydrogen) atoms. The van der Waals surface area contributed by atoms with Crippen LogP contribution in [0, 0.1) is 13.8 Å². The Morgan fingerprint density at radius 1 is 1.22 bits per heavy atom. The van der Waals surface area contributed by atoms with E-state index < -0.39 is 10.0 Å². The summed E-state index contributed by atoms with van der Waals surface area (Å²) in [5.74, 6) is 0.562. The number of pyridine rings is 1. The molecule has 0 aliphatic carbocycles. The van der Waals surface area contributed by atoms with Gasteiger partial charge in [0.05, 0.1) is 6.20 Å². The first-order chi connectivity index (χ1) is 8.47. The van der Waals surface area contributed by atoms with Crippen molar-refractivity contribution in [2.24, 2.45) is 0 Å². The van der Waals surface area contributed by atoms with Crippen LogP contribution >= 0.6 is 0 Å². The number of rotatable bonds is 4. The minimum atomic E-state index is -3.54. The number of nitrogens with one attached hydrogen (secondary N) is 2. The number of imidazole rings is 1. The molecule has 0 saturated heterocycles. The van der Waals surface area contributed by atoms with Crippen molar-refractivity contribution in [2.45, 2.75) is 25.4 Å². The molecule has 0 spiro atoms. The molecule has 7 heteroatoms. The van der Waals surface area contributed by atoms with Crippen LogP contribution in [-0.2, 0) is 16.6 Å². The maximum atomic E-state index is 11.9. The van der Waals surface area contributed by atoms with E-state index >= 15 is 0 Å². The minimum absolute atomic E-state index is 0.0695. The second-order valence-corrected chi connectivity index (χ2v) is 5.70. The minimum Gasteiger partial charge on any atom is -0.332 e. The van der Waals surface area contributed by atoms with Gasteiger partial charge in [0.2, 0.25) is 0 Å². The van der Waals surface area contributed by atoms with Crippen LogP contribution in [-0.4, -0.2) is 23.4 Å². The first-order valence-electron chi connectivity index (χ1n) is 5.40. The van der Waals surface area contributed by atoms with E-state index in [2.05, 4.69) is 19.7 Å². The summed E-state index contributed by atoms with van der Waals surface area (Å²) in [6, 6.07) is 3.67. The molecule has 0 fully saturated rings. The molecule has 2 aromatic rings. The van der Waals surface area contributed by atoms with E-state index in [4.69, 9.17) is 0 Å². The zero-order valence-corrected chi connectivity index (χ0v) is 11.0. The van der Waals surface area contributed by atoms with E-state index in [1.54, 1.807) is 13.1 Å². The van der Waals surface area contributed by atoms with Crippen molar-refractivity contribution >= 4 is 10.0 Å². The summed E-state index contributed by atoms with van der Waals surface area (Å²) in [7, 11) is -3.54. The Morgan fingerprint density at radius 3 is 2.56 bits per heavy atom. The molecule has 2 aromatic heterocycles. The molecule has 2 N–H and O–H groups in total. The molecule has 6 nitrogen and oxygen atoms in total. The van der Waals surface area contributed by atoms with Gasteiger partial charge in [0, 0.05) is 18.4 Å². The molecule has 96 valence electrons. The quantitative estimate of drug-likeness (QED) is 0.860. The highest BCUT2D eigenvalue weighted by molar-refractivity contribution is 7.89. The molecule has 2 rings (SSSR count). The Morgan fingerprint density at radius 2 is 2.00 bits per heavy atom. The van der Waals surface area contributed by atoms with Gasteiger partial charge in [-0.25, -0.2) is 18.1 Å². The molecule has 0 unspecified atom stereocenters. The van der Waals surface area contributed by atoms with Crippen molar-refractivity contribution in [2.75, 3.05) is 0 Å². The van der Waals surface area contributed by atoms with E-state index in [1.165, 1.54) is 6.20 Å². The zero-order chi connectivity index (χ0) is 13.2. The fraction of sp³-hybridized carbons (Fsp3) is 0.273. The number of aromatic nitrogens is 3. The van der Waals surface area contributed by atoms with Crippen molar-refractivity contribution < 1.29 is 8.42 Å². The van der Waals surface area contributed by atoms with Gasteiger partial charge in [-0.3, -0.25) is 4.98 Å². The predicted octanol–water partition coefficient (Wildman–Crippen LogP) is 0.900. The molecule has 0 radical (unpaired) electrons. The third-order valence-corrected chi connectivity index (χ3v) is 3.72. The molecule has 0 saturated carbocycles. The summed E-state index contributed by atoms with van der Waals surface area (Å²) in [5, 5.41) is 0.0695. The van der Waals surface area contributed by atoms with E-state index in [9.17, 15) is 8.42 Å². The summed E-state index contributed by atoms with van der Waals surface area (Å²) < 4.78 is 26.3. The lowest BCUT2D eigenvalue weighted by Gasteiger charge is -2.04. The number of aromatic amines is 1. The van der Waals surface area contributed by atoms with Gasteiger partial charge in [0.1, 0.15) is 5.82 Å². The van der Waals surface area contributed by atoms with Crippen LogP contribution in [0.15, 0.2) is 29.6 Å². The summed E-state index contributed by atoms with van der Waals surface area (Å²) in [6.07, 6.45) is 2.95. The molecule has 0 bridgehead atoms. The predicted molar refractivity (Wildman–Crippen MR) is 66.3 cm³/mol. The standard InChI is InChI=1S/C11H14N4O2S/c1-8-3-4-10(5-12-8)6-14-18(16,17)11-7-13-9(2)15-11/h3-5,7,14H,6H2,1-2H3,(H,13,15). The van der Waals surface area contributed by atoms with Crippen LogP contribution in [0.1, 0.15) is 17.1 Å². The van der Waals surface area contributed by atoms with Gasteiger partial charge in [-0.15, -0.1) is 0 Å². The Hall–Kier alpha value is -1.73. The maximum absolute atomic E-state index is 11.9. The molecular weight excluding hydrogens is 252 g/mol. The first-order valence-corrected chi connectivity index (χ1v) is 6.88. The van der Waals surface area contributed by atoms with E-state index in [1.807, 2.05) is 19.1 Å². The third kappa shape index (κ3) is 2.93. The van der Waals surface area contributed by atoms with Crippen LogP contribution in [0.25, 0.3) is 0 Å². The van der Waals surface area contributed by atoms with Crippen LogP contribution < -0.4 is 4.72 Å². The van der Waals surface area contributed by atoms with Crippen LogP contribution in [0.2, 0.25) is 0 Å². The van der Waals surface area contributed by atoms with Crippen molar-refractivity contribution in [3.63, 3.8) is 0 Å². The highest BCUT2D eigenvalue weighted by Crippen LogP contribution is 2.06. The van der Waals surface area contributed by atoms with Gasteiger partial charge >= 0.3 is 0 Å². The lowest BCUT2D eigenvalue weighted by Crippen LogP contribution is -2.23. The number of nitrogens with zero attached hydrogens (tertiary/aromatic N) is 2. The average molecular weight is 266 g/mol. The lowest BCUT2D eigenvalue weighted by atomic mass is 10.2. The second kappa shape index (κ2) is 4.87. The molecule has 0 aliphatic rings. The Bertz CT molecular complexity index is 631. The normalized spacial score (nSPS) is 11.7. The summed E-state index contributed by atoms with van der Waals surface area (Å²) in [5.41, 5.74) is 1.70. The molecule has 0 atom stereocenters. The van der Waals surface area contributed by atoms with Gasteiger partial charge in [0.25, 0.3) is 10.0 Å². The number of H-pyrrole nitrogens is 1. The summed E-state index contributed by atoms with van der Waals surface area (Å²) in [6.45, 7) is 3.78. The zero-order valence-electron chi connectivity index (χ0n) is 10.1. The fourth-order valence-electron chi connectivity index (χ4n) is 1.39. The second-order valence-electron chi connectivity index (χ2n) is 3.97. The van der Waals surface area contributed by atoms with Crippen molar-refractivity contribution in [1.82, 2.24) is 19.7 Å². The van der Waals surface area contributed by atoms with Crippen molar-refractivity contribution in [1.29, 1.82) is 0 Å². The Labute approximate surface area is 106 Å². The number of aryl methyl sites for hydroxylation is 2. The largest absolute Gasteiger partial charge is 0.332 e. The average Bonchev–Trinajstić information content (AvgIpc) is 2.76. The van der Waals surface area contributed by atoms with E-state index in [0.717, 1.165) is 11.3 Å². The first kappa shape index (κ1) is 12.7. The van der Waals surface area contributed by atoms with Crippen LogP contribution in [0.5, 0.6) is 0 Å². The summed E-state index contributed by atoms with van der Waals surface area (Å²) >= 11 is 0.